The fourth-order valence-electron chi connectivity index (χ4n) is 0.349. The van der Waals surface area contributed by atoms with Gasteiger partial charge in [-0.25, -0.2) is 4.79 Å². The highest BCUT2D eigenvalue weighted by molar-refractivity contribution is 6.28. The normalized spacial score (nSPS) is 12.2. The van der Waals surface area contributed by atoms with Crippen molar-refractivity contribution in [3.05, 3.63) is 0 Å². The monoisotopic (exact) mass is 165 g/mol. The van der Waals surface area contributed by atoms with Crippen LogP contribution in [0.1, 0.15) is 6.92 Å². The van der Waals surface area contributed by atoms with Gasteiger partial charge in [-0.1, -0.05) is 0 Å². The molecule has 0 fully saturated rings. The summed E-state index contributed by atoms with van der Waals surface area (Å²) >= 11 is 5.15. The van der Waals surface area contributed by atoms with E-state index < -0.39 is 12.2 Å². The summed E-state index contributed by atoms with van der Waals surface area (Å²) < 4.78 is 4.31. The highest BCUT2D eigenvalue weighted by Gasteiger charge is 2.13. The second kappa shape index (κ2) is 4.11. The Balaban J connectivity index is 3.72. The fraction of sp³-hybridized carbons (Fsp3) is 0.600. The van der Waals surface area contributed by atoms with Crippen molar-refractivity contribution in [3.63, 3.8) is 0 Å². The van der Waals surface area contributed by atoms with Crippen molar-refractivity contribution in [3.8, 4) is 0 Å². The van der Waals surface area contributed by atoms with Crippen LogP contribution in [0.3, 0.4) is 0 Å². The Morgan fingerprint density at radius 2 is 2.20 bits per heavy atom. The van der Waals surface area contributed by atoms with Crippen LogP contribution in [-0.2, 0) is 9.53 Å². The van der Waals surface area contributed by atoms with Crippen LogP contribution in [0, 0.1) is 0 Å². The number of alkyl halides is 1. The Morgan fingerprint density at radius 3 is 2.50 bits per heavy atom. The van der Waals surface area contributed by atoms with Gasteiger partial charge in [0.1, 0.15) is 0 Å². The fourth-order valence-corrected chi connectivity index (χ4v) is 0.566. The van der Waals surface area contributed by atoms with Crippen LogP contribution in [-0.4, -0.2) is 23.9 Å². The van der Waals surface area contributed by atoms with Crippen LogP contribution in [0.15, 0.2) is 0 Å². The molecule has 5 heteroatoms. The highest BCUT2D eigenvalue weighted by atomic mass is 35.5. The molecule has 0 aliphatic carbocycles. The molecule has 0 aromatic heterocycles. The van der Waals surface area contributed by atoms with Crippen LogP contribution >= 0.6 is 11.6 Å². The summed E-state index contributed by atoms with van der Waals surface area (Å²) in [5.41, 5.74) is 4.63. The van der Waals surface area contributed by atoms with E-state index in [-0.39, 0.29) is 11.7 Å². The van der Waals surface area contributed by atoms with Crippen molar-refractivity contribution < 1.29 is 14.3 Å². The zero-order chi connectivity index (χ0) is 8.15. The number of hydrogen-bond donors (Lipinski definition) is 1. The third-order valence-electron chi connectivity index (χ3n) is 0.878. The van der Waals surface area contributed by atoms with Crippen LogP contribution < -0.4 is 5.73 Å². The van der Waals surface area contributed by atoms with Gasteiger partial charge in [0.15, 0.2) is 11.9 Å². The quantitative estimate of drug-likeness (QED) is 0.611. The van der Waals surface area contributed by atoms with Crippen LogP contribution in [0.5, 0.6) is 0 Å². The molecule has 0 unspecified atom stereocenters. The Kier molecular flexibility index (Phi) is 3.79. The van der Waals surface area contributed by atoms with Crippen LogP contribution in [0.25, 0.3) is 0 Å². The Hall–Kier alpha value is -0.770. The number of carbonyl (C=O) groups is 2. The van der Waals surface area contributed by atoms with Crippen LogP contribution in [0.4, 0.5) is 4.79 Å². The molecule has 58 valence electrons. The summed E-state index contributed by atoms with van der Waals surface area (Å²) in [6.07, 6.45) is -1.80. The van der Waals surface area contributed by atoms with Crippen LogP contribution in [0.2, 0.25) is 0 Å². The first kappa shape index (κ1) is 9.23. The van der Waals surface area contributed by atoms with E-state index in [1.807, 2.05) is 0 Å². The van der Waals surface area contributed by atoms with Crippen molar-refractivity contribution >= 4 is 23.5 Å². The minimum Gasteiger partial charge on any atom is -0.439 e. The van der Waals surface area contributed by atoms with E-state index in [0.717, 1.165) is 0 Å². The third kappa shape index (κ3) is 3.29. The number of hydrogen-bond acceptors (Lipinski definition) is 3. The van der Waals surface area contributed by atoms with Gasteiger partial charge in [-0.2, -0.15) is 0 Å². The largest absolute Gasteiger partial charge is 0.439 e. The molecule has 0 aliphatic rings. The predicted molar refractivity (Wildman–Crippen MR) is 35.9 cm³/mol. The molecule has 0 aliphatic heterocycles. The van der Waals surface area contributed by atoms with E-state index in [4.69, 9.17) is 11.6 Å². The molecule has 0 rings (SSSR count). The molecule has 0 saturated heterocycles. The van der Waals surface area contributed by atoms with Gasteiger partial charge >= 0.3 is 6.09 Å². The van der Waals surface area contributed by atoms with Crippen molar-refractivity contribution in [1.82, 2.24) is 0 Å². The molecular weight excluding hydrogens is 158 g/mol. The summed E-state index contributed by atoms with van der Waals surface area (Å²) in [4.78, 5) is 20.6. The number of rotatable bonds is 3. The van der Waals surface area contributed by atoms with Gasteiger partial charge in [0.2, 0.25) is 0 Å². The Morgan fingerprint density at radius 1 is 1.70 bits per heavy atom. The second-order valence-electron chi connectivity index (χ2n) is 1.68. The molecule has 2 N–H and O–H groups in total. The van der Waals surface area contributed by atoms with Gasteiger partial charge in [0.05, 0.1) is 5.88 Å². The zero-order valence-corrected chi connectivity index (χ0v) is 6.22. The topological polar surface area (TPSA) is 69.4 Å². The Labute approximate surface area is 63.3 Å². The van der Waals surface area contributed by atoms with Gasteiger partial charge in [0.25, 0.3) is 0 Å². The van der Waals surface area contributed by atoms with Crippen molar-refractivity contribution in [2.45, 2.75) is 13.0 Å². The van der Waals surface area contributed by atoms with Gasteiger partial charge < -0.3 is 10.5 Å². The molecule has 0 bridgehead atoms. The lowest BCUT2D eigenvalue weighted by molar-refractivity contribution is -0.123. The lowest BCUT2D eigenvalue weighted by Crippen LogP contribution is -2.27. The highest BCUT2D eigenvalue weighted by Crippen LogP contribution is 1.93. The van der Waals surface area contributed by atoms with Crippen molar-refractivity contribution in [1.29, 1.82) is 0 Å². The summed E-state index contributed by atoms with van der Waals surface area (Å²) in [5, 5.41) is 0. The lowest BCUT2D eigenvalue weighted by Gasteiger charge is -2.06. The minimum atomic E-state index is -0.967. The average Bonchev–Trinajstić information content (AvgIpc) is 1.85. The summed E-state index contributed by atoms with van der Waals surface area (Å²) in [7, 11) is 0. The van der Waals surface area contributed by atoms with E-state index >= 15 is 0 Å². The maximum atomic E-state index is 10.6. The molecule has 0 aromatic rings. The molecule has 0 spiro atoms. The second-order valence-corrected chi connectivity index (χ2v) is 1.95. The standard InChI is InChI=1S/C5H8ClNO3/c1-3(4(8)2-6)10-5(7)9/h3H,2H2,1H3,(H2,7,9)/t3-/m1/s1. The first-order valence-corrected chi connectivity index (χ1v) is 3.16. The number of primary amides is 1. The van der Waals surface area contributed by atoms with E-state index in [1.165, 1.54) is 6.92 Å². The summed E-state index contributed by atoms with van der Waals surface area (Å²) in [6, 6.07) is 0. The van der Waals surface area contributed by atoms with E-state index in [9.17, 15) is 9.59 Å². The number of carbonyl (C=O) groups excluding carboxylic acids is 2. The lowest BCUT2D eigenvalue weighted by atomic mass is 10.3. The summed E-state index contributed by atoms with van der Waals surface area (Å²) in [6.45, 7) is 1.41. The summed E-state index contributed by atoms with van der Waals surface area (Å²) in [5.74, 6) is -0.533. The number of Topliss-reactive ketones (excluding diaryl/α,β-unsaturated/α-hetero) is 1. The smallest absolute Gasteiger partial charge is 0.405 e. The Bertz CT molecular complexity index is 148. The van der Waals surface area contributed by atoms with Gasteiger partial charge in [0, 0.05) is 0 Å². The molecule has 0 radical (unpaired) electrons. The van der Waals surface area contributed by atoms with E-state index in [2.05, 4.69) is 10.5 Å². The van der Waals surface area contributed by atoms with Gasteiger partial charge in [-0.15, -0.1) is 11.6 Å². The molecule has 0 saturated carbocycles. The number of amides is 1. The molecule has 1 atom stereocenters. The maximum Gasteiger partial charge on any atom is 0.405 e. The molecule has 4 nitrogen and oxygen atoms in total. The van der Waals surface area contributed by atoms with Gasteiger partial charge in [-0.05, 0) is 6.92 Å². The first-order valence-electron chi connectivity index (χ1n) is 2.62. The van der Waals surface area contributed by atoms with Gasteiger partial charge in [-0.3, -0.25) is 4.79 Å². The first-order chi connectivity index (χ1) is 4.57. The third-order valence-corrected chi connectivity index (χ3v) is 1.14. The minimum absolute atomic E-state index is 0.172. The number of ether oxygens (including phenoxy) is 1. The number of nitrogens with two attached hydrogens (primary N) is 1. The zero-order valence-electron chi connectivity index (χ0n) is 5.46. The molecule has 10 heavy (non-hydrogen) atoms. The van der Waals surface area contributed by atoms with Crippen molar-refractivity contribution in [2.75, 3.05) is 5.88 Å². The van der Waals surface area contributed by atoms with E-state index in [1.54, 1.807) is 0 Å². The molecule has 0 aromatic carbocycles. The molecular formula is C5H8ClNO3. The van der Waals surface area contributed by atoms with Crippen molar-refractivity contribution in [2.24, 2.45) is 5.73 Å². The average molecular weight is 166 g/mol. The molecule has 0 heterocycles. The predicted octanol–water partition coefficient (Wildman–Crippen LogP) is 0.278. The number of ketones is 1. The number of halogens is 1. The van der Waals surface area contributed by atoms with E-state index in [0.29, 0.717) is 0 Å². The SMILES string of the molecule is C[C@@H](OC(N)=O)C(=O)CCl. The maximum absolute atomic E-state index is 10.6. The molecule has 1 amide bonds.